The van der Waals surface area contributed by atoms with E-state index in [1.807, 2.05) is 54.0 Å². The number of carbonyl (C=O) groups excluding carboxylic acids is 2. The molecule has 0 aliphatic carbocycles. The number of hydrogen-bond donors (Lipinski definition) is 3. The molecule has 4 aromatic rings. The van der Waals surface area contributed by atoms with Crippen LogP contribution < -0.4 is 15.4 Å². The number of fused-ring (bicyclic) bond motifs is 3. The summed E-state index contributed by atoms with van der Waals surface area (Å²) in [6.45, 7) is 2.80. The molecule has 0 saturated heterocycles. The van der Waals surface area contributed by atoms with E-state index in [0.717, 1.165) is 21.7 Å². The second-order valence-corrected chi connectivity index (χ2v) is 14.9. The molecule has 0 saturated carbocycles. The number of ether oxygens (including phenoxy) is 1. The smallest absolute Gasteiger partial charge is 0.251 e. The molecule has 45 heavy (non-hydrogen) atoms. The van der Waals surface area contributed by atoms with Crippen LogP contribution in [0, 0.1) is 6.92 Å². The Labute approximate surface area is 268 Å². The van der Waals surface area contributed by atoms with Crippen LogP contribution >= 0.6 is 11.6 Å². The first kappa shape index (κ1) is 32.1. The number of benzene rings is 3. The Morgan fingerprint density at radius 2 is 1.64 bits per heavy atom. The molecule has 5 rings (SSSR count). The van der Waals surface area contributed by atoms with Gasteiger partial charge in [0.25, 0.3) is 5.91 Å². The maximum absolute atomic E-state index is 13.2. The number of rotatable bonds is 11. The second-order valence-electron chi connectivity index (χ2n) is 11.2. The molecule has 236 valence electrons. The molecule has 10 nitrogen and oxygen atoms in total. The maximum atomic E-state index is 13.2. The quantitative estimate of drug-likeness (QED) is 0.163. The summed E-state index contributed by atoms with van der Waals surface area (Å²) in [7, 11) is -0.749. The number of aryl methyl sites for hydroxylation is 1. The molecular weight excluding hydrogens is 612 g/mol. The third-order valence-electron chi connectivity index (χ3n) is 7.59. The van der Waals surface area contributed by atoms with Crippen LogP contribution in [0.2, 0.25) is 5.02 Å². The summed E-state index contributed by atoms with van der Waals surface area (Å²) < 4.78 is 19.7. The van der Waals surface area contributed by atoms with Crippen molar-refractivity contribution in [3.05, 3.63) is 100 Å². The number of unbranched alkanes of at least 4 members (excludes halogenated alkanes) is 1. The number of carbonyl (C=O) groups is 2. The van der Waals surface area contributed by atoms with Crippen LogP contribution in [0.4, 0.5) is 0 Å². The first-order chi connectivity index (χ1) is 21.5. The van der Waals surface area contributed by atoms with Crippen molar-refractivity contribution in [1.82, 2.24) is 25.4 Å². The van der Waals surface area contributed by atoms with Gasteiger partial charge < -0.3 is 15.4 Å². The summed E-state index contributed by atoms with van der Waals surface area (Å²) in [6, 6.07) is 19.5. The fraction of sp³-hybridized carbons (Fsp3) is 0.303. The largest absolute Gasteiger partial charge is 0.497 e. The van der Waals surface area contributed by atoms with Crippen molar-refractivity contribution >= 4 is 39.1 Å². The number of thiol groups is 1. The molecule has 1 aliphatic heterocycles. The van der Waals surface area contributed by atoms with E-state index in [1.54, 1.807) is 43.9 Å². The minimum Gasteiger partial charge on any atom is -0.497 e. The Bertz CT molecular complexity index is 1780. The molecule has 2 amide bonds. The van der Waals surface area contributed by atoms with Crippen LogP contribution in [-0.4, -0.2) is 69.2 Å². The van der Waals surface area contributed by atoms with Crippen LogP contribution in [-0.2, 0) is 14.7 Å². The van der Waals surface area contributed by atoms with Gasteiger partial charge in [0.05, 0.1) is 24.9 Å². The van der Waals surface area contributed by atoms with Gasteiger partial charge in [0.2, 0.25) is 5.91 Å². The van der Waals surface area contributed by atoms with Crippen molar-refractivity contribution in [1.29, 1.82) is 0 Å². The van der Waals surface area contributed by atoms with Gasteiger partial charge >= 0.3 is 0 Å². The molecule has 0 spiro atoms. The molecule has 1 aromatic heterocycles. The molecule has 0 fully saturated rings. The molecule has 1 atom stereocenters. The summed E-state index contributed by atoms with van der Waals surface area (Å²) in [5, 5.41) is 15.2. The van der Waals surface area contributed by atoms with Crippen molar-refractivity contribution in [2.24, 2.45) is 4.99 Å². The van der Waals surface area contributed by atoms with Gasteiger partial charge in [-0.3, -0.25) is 23.4 Å². The topological polar surface area (TPSA) is 128 Å². The lowest BCUT2D eigenvalue weighted by molar-refractivity contribution is -0.121. The zero-order valence-corrected chi connectivity index (χ0v) is 27.4. The van der Waals surface area contributed by atoms with E-state index in [4.69, 9.17) is 21.3 Å². The summed E-state index contributed by atoms with van der Waals surface area (Å²) in [4.78, 5) is 31.5. The lowest BCUT2D eigenvalue weighted by Gasteiger charge is -2.14. The predicted molar refractivity (Wildman–Crippen MR) is 178 cm³/mol. The summed E-state index contributed by atoms with van der Waals surface area (Å²) >= 11 is 6.18. The molecule has 0 radical (unpaired) electrons. The molecule has 0 bridgehead atoms. The lowest BCUT2D eigenvalue weighted by atomic mass is 10.00. The van der Waals surface area contributed by atoms with Gasteiger partial charge in [0.15, 0.2) is 5.82 Å². The molecule has 2 heterocycles. The molecule has 0 unspecified atom stereocenters. The third kappa shape index (κ3) is 7.49. The zero-order valence-electron chi connectivity index (χ0n) is 25.7. The van der Waals surface area contributed by atoms with E-state index in [0.29, 0.717) is 59.6 Å². The van der Waals surface area contributed by atoms with Crippen LogP contribution in [0.3, 0.4) is 0 Å². The molecule has 3 aromatic carbocycles. The molecular formula is C33H37ClN6O4S. The zero-order chi connectivity index (χ0) is 32.1. The van der Waals surface area contributed by atoms with E-state index >= 15 is 0 Å². The van der Waals surface area contributed by atoms with Gasteiger partial charge in [-0.25, -0.2) is 0 Å². The number of hydrogen-bond acceptors (Lipinski definition) is 7. The number of halogens is 1. The van der Waals surface area contributed by atoms with Gasteiger partial charge in [-0.05, 0) is 86.9 Å². The standard InChI is InChI=1S/C33H37ClN6O4S/c1-21-38-39-32-28(20-30(41)35-17-5-6-18-36-33(42)23-9-14-26(15-10-23)45(3,4)43)37-31(22-7-11-24(34)12-8-22)27-19-25(44-2)13-16-29(27)40(21)32/h7-16,19,28,45H,5-6,17-18,20H2,1-4H3,(H,35,41)(H,36,42)/t28-/m0/s1. The van der Waals surface area contributed by atoms with Crippen molar-refractivity contribution < 1.29 is 18.5 Å². The number of aromatic nitrogens is 3. The number of methoxy groups -OCH3 is 1. The average molecular weight is 649 g/mol. The molecule has 12 heteroatoms. The minimum atomic E-state index is -2.37. The molecule has 1 aliphatic rings. The fourth-order valence-corrected chi connectivity index (χ4v) is 6.17. The Morgan fingerprint density at radius 1 is 0.956 bits per heavy atom. The monoisotopic (exact) mass is 648 g/mol. The Kier molecular flexibility index (Phi) is 9.79. The highest BCUT2D eigenvalue weighted by Gasteiger charge is 2.30. The fourth-order valence-electron chi connectivity index (χ4n) is 5.18. The van der Waals surface area contributed by atoms with Crippen LogP contribution in [0.5, 0.6) is 5.75 Å². The van der Waals surface area contributed by atoms with Crippen molar-refractivity contribution in [2.45, 2.75) is 37.1 Å². The van der Waals surface area contributed by atoms with Crippen molar-refractivity contribution in [2.75, 3.05) is 32.7 Å². The Hall–Kier alpha value is -4.35. The van der Waals surface area contributed by atoms with E-state index < -0.39 is 16.0 Å². The van der Waals surface area contributed by atoms with Crippen LogP contribution in [0.25, 0.3) is 5.69 Å². The van der Waals surface area contributed by atoms with Gasteiger partial charge in [-0.1, -0.05) is 33.7 Å². The van der Waals surface area contributed by atoms with Gasteiger partial charge in [0, 0.05) is 39.7 Å². The Balaban J connectivity index is 1.23. The second kappa shape index (κ2) is 13.7. The number of nitrogens with zero attached hydrogens (tertiary/aromatic N) is 4. The normalized spacial score (nSPS) is 14.4. The maximum Gasteiger partial charge on any atom is 0.251 e. The summed E-state index contributed by atoms with van der Waals surface area (Å²) in [5.41, 5.74) is 3.75. The van der Waals surface area contributed by atoms with E-state index in [-0.39, 0.29) is 18.2 Å². The average Bonchev–Trinajstić information content (AvgIpc) is 3.35. The third-order valence-corrected chi connectivity index (χ3v) is 9.39. The van der Waals surface area contributed by atoms with E-state index in [2.05, 4.69) is 20.8 Å². The van der Waals surface area contributed by atoms with Crippen LogP contribution in [0.1, 0.15) is 58.4 Å². The first-order valence-electron chi connectivity index (χ1n) is 14.7. The summed E-state index contributed by atoms with van der Waals surface area (Å²) in [5.74, 6) is 1.59. The minimum absolute atomic E-state index is 0.0789. The SMILES string of the molecule is COc1ccc2c(c1)C(c1ccc(Cl)cc1)=N[C@@H](CC(=O)NCCCCNC(=O)c1ccc([SH](C)(C)=O)cc1)c1nnc(C)n1-2. The highest BCUT2D eigenvalue weighted by atomic mass is 35.5. The van der Waals surface area contributed by atoms with Crippen LogP contribution in [0.15, 0.2) is 76.6 Å². The van der Waals surface area contributed by atoms with Crippen molar-refractivity contribution in [3.63, 3.8) is 0 Å². The lowest BCUT2D eigenvalue weighted by Crippen LogP contribution is -2.28. The molecule has 2 N–H and O–H groups in total. The predicted octanol–water partition coefficient (Wildman–Crippen LogP) is 4.48. The number of amides is 2. The van der Waals surface area contributed by atoms with Crippen molar-refractivity contribution in [3.8, 4) is 11.4 Å². The van der Waals surface area contributed by atoms with Gasteiger partial charge in [-0.15, -0.1) is 10.2 Å². The number of aliphatic imine (C=N–C) groups is 1. The highest BCUT2D eigenvalue weighted by molar-refractivity contribution is 8.01. The highest BCUT2D eigenvalue weighted by Crippen LogP contribution is 2.34. The van der Waals surface area contributed by atoms with Gasteiger partial charge in [0.1, 0.15) is 17.6 Å². The Morgan fingerprint density at radius 3 is 2.31 bits per heavy atom. The van der Waals surface area contributed by atoms with E-state index in [1.165, 1.54) is 0 Å². The van der Waals surface area contributed by atoms with E-state index in [9.17, 15) is 13.8 Å². The summed E-state index contributed by atoms with van der Waals surface area (Å²) in [6.07, 6.45) is 4.86. The number of nitrogens with one attached hydrogen (secondary N) is 2. The van der Waals surface area contributed by atoms with Gasteiger partial charge in [-0.2, -0.15) is 0 Å². The first-order valence-corrected chi connectivity index (χ1v) is 17.7.